The van der Waals surface area contributed by atoms with Gasteiger partial charge in [0.1, 0.15) is 0 Å². The number of nitrogens with one attached hydrogen (secondary N) is 1. The maximum Gasteiger partial charge on any atom is 0.0662 e. The zero-order valence-electron chi connectivity index (χ0n) is 9.70. The van der Waals surface area contributed by atoms with Gasteiger partial charge in [0.05, 0.1) is 18.8 Å². The van der Waals surface area contributed by atoms with Gasteiger partial charge in [-0.05, 0) is 19.0 Å². The smallest absolute Gasteiger partial charge is 0.0662 e. The quantitative estimate of drug-likeness (QED) is 0.661. The summed E-state index contributed by atoms with van der Waals surface area (Å²) in [6, 6.07) is 2.04. The van der Waals surface area contributed by atoms with E-state index in [0.717, 1.165) is 39.3 Å². The van der Waals surface area contributed by atoms with Crippen molar-refractivity contribution in [2.24, 2.45) is 0 Å². The van der Waals surface area contributed by atoms with Gasteiger partial charge in [0.2, 0.25) is 0 Å². The Kier molecular flexibility index (Phi) is 6.04. The van der Waals surface area contributed by atoms with Crippen molar-refractivity contribution in [2.45, 2.75) is 33.4 Å². The van der Waals surface area contributed by atoms with Crippen molar-refractivity contribution in [2.75, 3.05) is 19.8 Å². The molecule has 4 nitrogen and oxygen atoms in total. The van der Waals surface area contributed by atoms with Crippen LogP contribution in [0.15, 0.2) is 12.3 Å². The van der Waals surface area contributed by atoms with E-state index >= 15 is 0 Å². The second kappa shape index (κ2) is 7.43. The van der Waals surface area contributed by atoms with Gasteiger partial charge in [-0.3, -0.25) is 4.68 Å². The summed E-state index contributed by atoms with van der Waals surface area (Å²) in [5, 5.41) is 7.55. The maximum atomic E-state index is 5.43. The fourth-order valence-corrected chi connectivity index (χ4v) is 1.36. The van der Waals surface area contributed by atoms with Crippen LogP contribution in [0.4, 0.5) is 0 Å². The van der Waals surface area contributed by atoms with Crippen molar-refractivity contribution in [3.05, 3.63) is 18.0 Å². The lowest BCUT2D eigenvalue weighted by molar-refractivity contribution is 0.123. The predicted molar refractivity (Wildman–Crippen MR) is 60.7 cm³/mol. The molecule has 0 saturated carbocycles. The molecule has 0 aliphatic carbocycles. The molecule has 1 aromatic rings. The highest BCUT2D eigenvalue weighted by atomic mass is 16.5. The number of hydrogen-bond acceptors (Lipinski definition) is 3. The van der Waals surface area contributed by atoms with Crippen LogP contribution in [-0.4, -0.2) is 29.5 Å². The standard InChI is InChI=1S/C11H21N3O/c1-3-8-15-9-7-14-11(5-6-13-14)10-12-4-2/h5-6,12H,3-4,7-10H2,1-2H3. The number of nitrogens with zero attached hydrogens (tertiary/aromatic N) is 2. The molecule has 1 heterocycles. The largest absolute Gasteiger partial charge is 0.380 e. The van der Waals surface area contributed by atoms with Crippen molar-refractivity contribution < 1.29 is 4.74 Å². The summed E-state index contributed by atoms with van der Waals surface area (Å²) in [4.78, 5) is 0. The van der Waals surface area contributed by atoms with Crippen LogP contribution in [-0.2, 0) is 17.8 Å². The molecule has 0 amide bonds. The normalized spacial score (nSPS) is 10.8. The van der Waals surface area contributed by atoms with Gasteiger partial charge >= 0.3 is 0 Å². The van der Waals surface area contributed by atoms with Gasteiger partial charge in [-0.25, -0.2) is 0 Å². The molecule has 0 aromatic carbocycles. The Morgan fingerprint density at radius 1 is 1.40 bits per heavy atom. The van der Waals surface area contributed by atoms with Crippen molar-refractivity contribution in [3.8, 4) is 0 Å². The Balaban J connectivity index is 2.29. The molecular formula is C11H21N3O. The number of hydrogen-bond donors (Lipinski definition) is 1. The van der Waals surface area contributed by atoms with Crippen LogP contribution >= 0.6 is 0 Å². The van der Waals surface area contributed by atoms with Crippen molar-refractivity contribution in [1.82, 2.24) is 15.1 Å². The average molecular weight is 211 g/mol. The highest BCUT2D eigenvalue weighted by molar-refractivity contribution is 4.99. The van der Waals surface area contributed by atoms with E-state index in [-0.39, 0.29) is 0 Å². The Morgan fingerprint density at radius 3 is 3.00 bits per heavy atom. The van der Waals surface area contributed by atoms with E-state index in [4.69, 9.17) is 4.74 Å². The second-order valence-corrected chi connectivity index (χ2v) is 3.44. The number of ether oxygens (including phenoxy) is 1. The molecule has 1 N–H and O–H groups in total. The van der Waals surface area contributed by atoms with E-state index < -0.39 is 0 Å². The lowest BCUT2D eigenvalue weighted by Gasteiger charge is -2.08. The van der Waals surface area contributed by atoms with Crippen LogP contribution in [0.3, 0.4) is 0 Å². The minimum atomic E-state index is 0.745. The van der Waals surface area contributed by atoms with E-state index in [0.29, 0.717) is 0 Å². The van der Waals surface area contributed by atoms with E-state index in [2.05, 4.69) is 24.3 Å². The first-order valence-corrected chi connectivity index (χ1v) is 5.67. The van der Waals surface area contributed by atoms with Crippen LogP contribution in [0.1, 0.15) is 26.0 Å². The van der Waals surface area contributed by atoms with Crippen LogP contribution < -0.4 is 5.32 Å². The van der Waals surface area contributed by atoms with Crippen LogP contribution in [0.5, 0.6) is 0 Å². The fraction of sp³-hybridized carbons (Fsp3) is 0.727. The number of rotatable bonds is 8. The van der Waals surface area contributed by atoms with Gasteiger partial charge in [0, 0.05) is 19.3 Å². The van der Waals surface area contributed by atoms with Crippen LogP contribution in [0, 0.1) is 0 Å². The third kappa shape index (κ3) is 4.44. The highest BCUT2D eigenvalue weighted by Gasteiger charge is 2.00. The summed E-state index contributed by atoms with van der Waals surface area (Å²) in [7, 11) is 0. The molecule has 4 heteroatoms. The average Bonchev–Trinajstić information content (AvgIpc) is 2.69. The number of aromatic nitrogens is 2. The lowest BCUT2D eigenvalue weighted by atomic mass is 10.4. The van der Waals surface area contributed by atoms with Gasteiger partial charge < -0.3 is 10.1 Å². The Labute approximate surface area is 91.6 Å². The molecule has 1 rings (SSSR count). The molecule has 0 bridgehead atoms. The van der Waals surface area contributed by atoms with Crippen LogP contribution in [0.2, 0.25) is 0 Å². The molecule has 1 aromatic heterocycles. The Bertz CT molecular complexity index is 260. The third-order valence-corrected chi connectivity index (χ3v) is 2.16. The summed E-state index contributed by atoms with van der Waals surface area (Å²) in [5.74, 6) is 0. The summed E-state index contributed by atoms with van der Waals surface area (Å²) in [6.07, 6.45) is 2.91. The van der Waals surface area contributed by atoms with Gasteiger partial charge in [-0.2, -0.15) is 5.10 Å². The predicted octanol–water partition coefficient (Wildman–Crippen LogP) is 1.42. The topological polar surface area (TPSA) is 39.1 Å². The zero-order chi connectivity index (χ0) is 10.9. The van der Waals surface area contributed by atoms with E-state index in [1.54, 1.807) is 0 Å². The van der Waals surface area contributed by atoms with Crippen molar-refractivity contribution >= 4 is 0 Å². The molecule has 86 valence electrons. The van der Waals surface area contributed by atoms with Crippen molar-refractivity contribution in [1.29, 1.82) is 0 Å². The second-order valence-electron chi connectivity index (χ2n) is 3.44. The highest BCUT2D eigenvalue weighted by Crippen LogP contribution is 1.98. The summed E-state index contributed by atoms with van der Waals surface area (Å²) >= 11 is 0. The fourth-order valence-electron chi connectivity index (χ4n) is 1.36. The van der Waals surface area contributed by atoms with Crippen molar-refractivity contribution in [3.63, 3.8) is 0 Å². The minimum Gasteiger partial charge on any atom is -0.380 e. The molecular weight excluding hydrogens is 190 g/mol. The maximum absolute atomic E-state index is 5.43. The van der Waals surface area contributed by atoms with Gasteiger partial charge in [0.15, 0.2) is 0 Å². The molecule has 0 aliphatic heterocycles. The monoisotopic (exact) mass is 211 g/mol. The molecule has 15 heavy (non-hydrogen) atoms. The molecule has 0 radical (unpaired) electrons. The first-order valence-electron chi connectivity index (χ1n) is 5.67. The van der Waals surface area contributed by atoms with Gasteiger partial charge in [-0.1, -0.05) is 13.8 Å². The van der Waals surface area contributed by atoms with E-state index in [1.165, 1.54) is 5.69 Å². The van der Waals surface area contributed by atoms with Crippen LogP contribution in [0.25, 0.3) is 0 Å². The molecule has 0 saturated heterocycles. The van der Waals surface area contributed by atoms with E-state index in [9.17, 15) is 0 Å². The first kappa shape index (κ1) is 12.2. The first-order chi connectivity index (χ1) is 7.38. The Hall–Kier alpha value is -0.870. The minimum absolute atomic E-state index is 0.745. The third-order valence-electron chi connectivity index (χ3n) is 2.16. The lowest BCUT2D eigenvalue weighted by Crippen LogP contribution is -2.17. The molecule has 0 spiro atoms. The van der Waals surface area contributed by atoms with Gasteiger partial charge in [-0.15, -0.1) is 0 Å². The molecule has 0 atom stereocenters. The SMILES string of the molecule is CCCOCCn1nccc1CNCC. The summed E-state index contributed by atoms with van der Waals surface area (Å²) in [6.45, 7) is 8.50. The molecule has 0 aliphatic rings. The zero-order valence-corrected chi connectivity index (χ0v) is 9.70. The summed E-state index contributed by atoms with van der Waals surface area (Å²) in [5.41, 5.74) is 1.22. The molecule has 0 fully saturated rings. The summed E-state index contributed by atoms with van der Waals surface area (Å²) < 4.78 is 7.43. The van der Waals surface area contributed by atoms with E-state index in [1.807, 2.05) is 16.9 Å². The van der Waals surface area contributed by atoms with Gasteiger partial charge in [0.25, 0.3) is 0 Å². The Morgan fingerprint density at radius 2 is 2.27 bits per heavy atom. The molecule has 0 unspecified atom stereocenters.